The van der Waals surface area contributed by atoms with Gasteiger partial charge in [-0.3, -0.25) is 0 Å². The number of rotatable bonds is 3. The lowest BCUT2D eigenvalue weighted by Crippen LogP contribution is -2.38. The number of aliphatic hydroxyl groups is 1. The van der Waals surface area contributed by atoms with Crippen molar-refractivity contribution in [3.63, 3.8) is 0 Å². The normalized spacial score (nSPS) is 20.9. The number of aromatic nitrogens is 2. The molecular formula is C11H17N3O2. The Hall–Kier alpha value is -1.36. The molecule has 0 aromatic carbocycles. The molecule has 5 heteroatoms. The van der Waals surface area contributed by atoms with Gasteiger partial charge >= 0.3 is 0 Å². The van der Waals surface area contributed by atoms with Crippen molar-refractivity contribution in [2.45, 2.75) is 25.9 Å². The molecule has 1 N–H and O–H groups in total. The fourth-order valence-electron chi connectivity index (χ4n) is 1.89. The van der Waals surface area contributed by atoms with Gasteiger partial charge in [-0.1, -0.05) is 0 Å². The van der Waals surface area contributed by atoms with Crippen molar-refractivity contribution in [3.8, 4) is 5.88 Å². The summed E-state index contributed by atoms with van der Waals surface area (Å²) in [5.41, 5.74) is 0. The first kappa shape index (κ1) is 11.1. The lowest BCUT2D eigenvalue weighted by molar-refractivity contribution is 0.154. The largest absolute Gasteiger partial charge is 0.478 e. The van der Waals surface area contributed by atoms with E-state index in [4.69, 9.17) is 4.74 Å². The molecule has 0 saturated carbocycles. The number of anilines is 1. The molecule has 2 heterocycles. The highest BCUT2D eigenvalue weighted by Gasteiger charge is 2.19. The molecule has 5 nitrogen and oxygen atoms in total. The summed E-state index contributed by atoms with van der Waals surface area (Å²) < 4.78 is 5.32. The van der Waals surface area contributed by atoms with Crippen LogP contribution in [0.25, 0.3) is 0 Å². The Morgan fingerprint density at radius 1 is 1.56 bits per heavy atom. The summed E-state index contributed by atoms with van der Waals surface area (Å²) in [5, 5.41) is 9.60. The third kappa shape index (κ3) is 2.61. The number of hydrogen-bond acceptors (Lipinski definition) is 5. The molecule has 16 heavy (non-hydrogen) atoms. The van der Waals surface area contributed by atoms with Gasteiger partial charge < -0.3 is 14.7 Å². The van der Waals surface area contributed by atoms with Crippen LogP contribution >= 0.6 is 0 Å². The number of aliphatic hydroxyl groups excluding tert-OH is 1. The molecule has 1 fully saturated rings. The highest BCUT2D eigenvalue weighted by molar-refractivity contribution is 5.41. The van der Waals surface area contributed by atoms with Gasteiger partial charge in [0.05, 0.1) is 12.7 Å². The zero-order valence-electron chi connectivity index (χ0n) is 9.46. The number of piperidine rings is 1. The van der Waals surface area contributed by atoms with E-state index in [0.717, 1.165) is 25.2 Å². The van der Waals surface area contributed by atoms with E-state index in [0.29, 0.717) is 19.0 Å². The summed E-state index contributed by atoms with van der Waals surface area (Å²) in [6.07, 6.45) is 3.12. The molecule has 0 radical (unpaired) electrons. The fraction of sp³-hybridized carbons (Fsp3) is 0.636. The first-order valence-electron chi connectivity index (χ1n) is 5.67. The van der Waals surface area contributed by atoms with Gasteiger partial charge in [-0.2, -0.15) is 0 Å². The number of ether oxygens (including phenoxy) is 1. The first-order valence-corrected chi connectivity index (χ1v) is 5.67. The summed E-state index contributed by atoms with van der Waals surface area (Å²) >= 11 is 0. The number of β-amino-alcohol motifs (C(OH)–C–C–N with tert-alkyl or cyclic N) is 1. The molecule has 1 aliphatic heterocycles. The molecule has 0 aliphatic carbocycles. The maximum Gasteiger partial charge on any atom is 0.218 e. The van der Waals surface area contributed by atoms with Crippen LogP contribution in [0.2, 0.25) is 0 Å². The van der Waals surface area contributed by atoms with Crippen molar-refractivity contribution in [3.05, 3.63) is 12.4 Å². The van der Waals surface area contributed by atoms with Crippen LogP contribution in [0.1, 0.15) is 19.8 Å². The van der Waals surface area contributed by atoms with E-state index in [9.17, 15) is 5.11 Å². The molecule has 88 valence electrons. The van der Waals surface area contributed by atoms with Gasteiger partial charge in [-0.05, 0) is 19.8 Å². The van der Waals surface area contributed by atoms with Crippen LogP contribution in [0.15, 0.2) is 12.4 Å². The van der Waals surface area contributed by atoms with Gasteiger partial charge in [0.25, 0.3) is 0 Å². The van der Waals surface area contributed by atoms with Gasteiger partial charge in [0.1, 0.15) is 12.1 Å². The lowest BCUT2D eigenvalue weighted by atomic mass is 10.1. The van der Waals surface area contributed by atoms with Crippen molar-refractivity contribution in [1.82, 2.24) is 9.97 Å². The van der Waals surface area contributed by atoms with Gasteiger partial charge in [0, 0.05) is 19.2 Å². The van der Waals surface area contributed by atoms with Crippen LogP contribution in [-0.4, -0.2) is 40.9 Å². The molecule has 1 aliphatic rings. The third-order valence-electron chi connectivity index (χ3n) is 2.64. The van der Waals surface area contributed by atoms with Crippen molar-refractivity contribution in [1.29, 1.82) is 0 Å². The van der Waals surface area contributed by atoms with Crippen LogP contribution in [0.5, 0.6) is 5.88 Å². The number of hydrogen-bond donors (Lipinski definition) is 1. The fourth-order valence-corrected chi connectivity index (χ4v) is 1.89. The van der Waals surface area contributed by atoms with Crippen LogP contribution in [-0.2, 0) is 0 Å². The van der Waals surface area contributed by atoms with E-state index in [2.05, 4.69) is 14.9 Å². The molecule has 1 aromatic heterocycles. The molecular weight excluding hydrogens is 206 g/mol. The summed E-state index contributed by atoms with van der Waals surface area (Å²) in [6, 6.07) is 1.82. The van der Waals surface area contributed by atoms with Crippen LogP contribution in [0, 0.1) is 0 Å². The van der Waals surface area contributed by atoms with Crippen LogP contribution in [0.3, 0.4) is 0 Å². The Balaban J connectivity index is 2.09. The van der Waals surface area contributed by atoms with Gasteiger partial charge in [0.15, 0.2) is 0 Å². The minimum absolute atomic E-state index is 0.251. The Kier molecular flexibility index (Phi) is 3.56. The minimum atomic E-state index is -0.251. The Morgan fingerprint density at radius 3 is 3.19 bits per heavy atom. The molecule has 1 aromatic rings. The van der Waals surface area contributed by atoms with Gasteiger partial charge in [0.2, 0.25) is 5.88 Å². The van der Waals surface area contributed by atoms with Crippen molar-refractivity contribution >= 4 is 5.82 Å². The molecule has 1 saturated heterocycles. The quantitative estimate of drug-likeness (QED) is 0.822. The van der Waals surface area contributed by atoms with Crippen molar-refractivity contribution in [2.75, 3.05) is 24.6 Å². The predicted octanol–water partition coefficient (Wildman–Crippen LogP) is 0.836. The van der Waals surface area contributed by atoms with Crippen LogP contribution < -0.4 is 9.64 Å². The zero-order valence-corrected chi connectivity index (χ0v) is 9.46. The first-order chi connectivity index (χ1) is 7.79. The second-order valence-electron chi connectivity index (χ2n) is 3.89. The van der Waals surface area contributed by atoms with E-state index in [-0.39, 0.29) is 6.10 Å². The average Bonchev–Trinajstić information content (AvgIpc) is 2.30. The number of nitrogens with zero attached hydrogens (tertiary/aromatic N) is 3. The maximum absolute atomic E-state index is 9.60. The minimum Gasteiger partial charge on any atom is -0.478 e. The smallest absolute Gasteiger partial charge is 0.218 e. The summed E-state index contributed by atoms with van der Waals surface area (Å²) in [6.45, 7) is 4.09. The topological polar surface area (TPSA) is 58.5 Å². The monoisotopic (exact) mass is 223 g/mol. The Labute approximate surface area is 95.1 Å². The van der Waals surface area contributed by atoms with E-state index >= 15 is 0 Å². The van der Waals surface area contributed by atoms with E-state index in [1.807, 2.05) is 13.0 Å². The predicted molar refractivity (Wildman–Crippen MR) is 60.7 cm³/mol. The van der Waals surface area contributed by atoms with Crippen LogP contribution in [0.4, 0.5) is 5.82 Å². The van der Waals surface area contributed by atoms with E-state index in [1.54, 1.807) is 0 Å². The van der Waals surface area contributed by atoms with Gasteiger partial charge in [-0.15, -0.1) is 0 Å². The molecule has 2 rings (SSSR count). The molecule has 0 unspecified atom stereocenters. The Morgan fingerprint density at radius 2 is 2.44 bits per heavy atom. The standard InChI is InChI=1S/C11H17N3O2/c1-2-16-11-6-10(12-8-13-11)14-5-3-4-9(15)7-14/h6,8-9,15H,2-5,7H2,1H3/t9-/m1/s1. The Bertz CT molecular complexity index is 346. The highest BCUT2D eigenvalue weighted by atomic mass is 16.5. The molecule has 1 atom stereocenters. The summed E-state index contributed by atoms with van der Waals surface area (Å²) in [4.78, 5) is 10.3. The maximum atomic E-state index is 9.60. The van der Waals surface area contributed by atoms with Crippen molar-refractivity contribution in [2.24, 2.45) is 0 Å². The second-order valence-corrected chi connectivity index (χ2v) is 3.89. The summed E-state index contributed by atoms with van der Waals surface area (Å²) in [7, 11) is 0. The molecule has 0 spiro atoms. The highest BCUT2D eigenvalue weighted by Crippen LogP contribution is 2.20. The SMILES string of the molecule is CCOc1cc(N2CCC[C@@H](O)C2)ncn1. The van der Waals surface area contributed by atoms with E-state index < -0.39 is 0 Å². The lowest BCUT2D eigenvalue weighted by Gasteiger charge is -2.30. The second kappa shape index (κ2) is 5.12. The van der Waals surface area contributed by atoms with E-state index in [1.165, 1.54) is 6.33 Å². The third-order valence-corrected chi connectivity index (χ3v) is 2.64. The molecule has 0 bridgehead atoms. The average molecular weight is 223 g/mol. The summed E-state index contributed by atoms with van der Waals surface area (Å²) in [5.74, 6) is 1.42. The zero-order chi connectivity index (χ0) is 11.4. The van der Waals surface area contributed by atoms with Crippen molar-refractivity contribution < 1.29 is 9.84 Å². The molecule has 0 amide bonds. The van der Waals surface area contributed by atoms with Gasteiger partial charge in [-0.25, -0.2) is 9.97 Å².